The molecule has 1 aromatic carbocycles. The highest BCUT2D eigenvalue weighted by atomic mass is 35.5. The van der Waals surface area contributed by atoms with E-state index in [9.17, 15) is 9.59 Å². The van der Waals surface area contributed by atoms with Gasteiger partial charge in [-0.05, 0) is 49.6 Å². The van der Waals surface area contributed by atoms with Crippen molar-refractivity contribution in [3.05, 3.63) is 80.7 Å². The number of benzene rings is 1. The topological polar surface area (TPSA) is 71.1 Å². The first-order valence-electron chi connectivity index (χ1n) is 9.37. The molecule has 0 saturated heterocycles. The first-order chi connectivity index (χ1) is 14.0. The van der Waals surface area contributed by atoms with Gasteiger partial charge in [0.1, 0.15) is 5.82 Å². The Hall–Kier alpha value is -2.63. The Morgan fingerprint density at radius 2 is 2.03 bits per heavy atom. The second kappa shape index (κ2) is 8.01. The van der Waals surface area contributed by atoms with Crippen LogP contribution in [0.4, 0.5) is 5.82 Å². The van der Waals surface area contributed by atoms with Gasteiger partial charge in [-0.25, -0.2) is 4.98 Å². The zero-order valence-electron chi connectivity index (χ0n) is 15.8. The average molecular weight is 428 g/mol. The fraction of sp³-hybridized carbons (Fsp3) is 0.227. The molecule has 5 nitrogen and oxygen atoms in total. The summed E-state index contributed by atoms with van der Waals surface area (Å²) in [5.74, 6) is -0.416. The number of pyridine rings is 1. The van der Waals surface area contributed by atoms with Crippen LogP contribution < -0.4 is 10.6 Å². The Labute approximate surface area is 178 Å². The van der Waals surface area contributed by atoms with Crippen molar-refractivity contribution in [1.82, 2.24) is 10.3 Å². The third-order valence-corrected chi connectivity index (χ3v) is 5.76. The van der Waals surface area contributed by atoms with Crippen LogP contribution in [-0.2, 0) is 9.59 Å². The summed E-state index contributed by atoms with van der Waals surface area (Å²) in [6.45, 7) is 1.84. The normalized spacial score (nSPS) is 19.0. The molecule has 29 heavy (non-hydrogen) atoms. The van der Waals surface area contributed by atoms with Crippen molar-refractivity contribution in [3.8, 4) is 0 Å². The summed E-state index contributed by atoms with van der Waals surface area (Å²) in [6.07, 6.45) is 3.61. The highest BCUT2D eigenvalue weighted by molar-refractivity contribution is 6.35. The van der Waals surface area contributed by atoms with Gasteiger partial charge >= 0.3 is 0 Å². The smallest absolute Gasteiger partial charge is 0.255 e. The molecule has 0 bridgehead atoms. The fourth-order valence-electron chi connectivity index (χ4n) is 3.95. The summed E-state index contributed by atoms with van der Waals surface area (Å²) < 4.78 is 0. The average Bonchev–Trinajstić information content (AvgIpc) is 2.68. The molecule has 0 fully saturated rings. The summed E-state index contributed by atoms with van der Waals surface area (Å²) in [5, 5.41) is 7.04. The van der Waals surface area contributed by atoms with Gasteiger partial charge in [-0.1, -0.05) is 35.3 Å². The van der Waals surface area contributed by atoms with E-state index in [0.29, 0.717) is 44.7 Å². The number of nitrogens with zero attached hydrogens (tertiary/aromatic N) is 1. The molecule has 1 amide bonds. The van der Waals surface area contributed by atoms with Crippen molar-refractivity contribution in [2.45, 2.75) is 32.1 Å². The van der Waals surface area contributed by atoms with Crippen molar-refractivity contribution in [3.63, 3.8) is 0 Å². The zero-order chi connectivity index (χ0) is 20.5. The molecular weight excluding hydrogens is 409 g/mol. The highest BCUT2D eigenvalue weighted by Gasteiger charge is 2.39. The molecule has 1 aliphatic heterocycles. The monoisotopic (exact) mass is 427 g/mol. The van der Waals surface area contributed by atoms with E-state index < -0.39 is 5.92 Å². The van der Waals surface area contributed by atoms with Crippen molar-refractivity contribution in [2.24, 2.45) is 0 Å². The molecule has 2 heterocycles. The molecule has 0 unspecified atom stereocenters. The number of hydrogen-bond acceptors (Lipinski definition) is 4. The molecule has 4 rings (SSSR count). The lowest BCUT2D eigenvalue weighted by Crippen LogP contribution is -2.35. The molecule has 0 spiro atoms. The van der Waals surface area contributed by atoms with Crippen molar-refractivity contribution in [2.75, 3.05) is 5.32 Å². The number of dihydropyridines is 1. The standard InChI is InChI=1S/C22H19Cl2N3O2/c1-12-19(22(29)27-18-7-2-3-10-25-18)20(14-9-8-13(23)11-15(14)24)21-16(26-12)5-4-6-17(21)28/h2-3,7-11,20,26H,4-6H2,1H3,(H,25,27,29)/t20-/m1/s1. The number of ketones is 1. The van der Waals surface area contributed by atoms with Crippen molar-refractivity contribution >= 4 is 40.7 Å². The van der Waals surface area contributed by atoms with E-state index >= 15 is 0 Å². The number of allylic oxidation sites excluding steroid dienone is 3. The van der Waals surface area contributed by atoms with E-state index in [4.69, 9.17) is 23.2 Å². The number of amides is 1. The number of anilines is 1. The van der Waals surface area contributed by atoms with Gasteiger partial charge in [-0.3, -0.25) is 9.59 Å². The lowest BCUT2D eigenvalue weighted by Gasteiger charge is -2.34. The highest BCUT2D eigenvalue weighted by Crippen LogP contribution is 2.44. The maximum atomic E-state index is 13.3. The minimum atomic E-state index is -0.562. The summed E-state index contributed by atoms with van der Waals surface area (Å²) >= 11 is 12.6. The fourth-order valence-corrected chi connectivity index (χ4v) is 4.47. The number of halogens is 2. The summed E-state index contributed by atoms with van der Waals surface area (Å²) in [7, 11) is 0. The number of aromatic nitrogens is 1. The zero-order valence-corrected chi connectivity index (χ0v) is 17.3. The summed E-state index contributed by atoms with van der Waals surface area (Å²) in [5.41, 5.74) is 3.31. The number of carbonyl (C=O) groups is 2. The quantitative estimate of drug-likeness (QED) is 0.722. The Kier molecular flexibility index (Phi) is 5.43. The first-order valence-corrected chi connectivity index (χ1v) is 10.1. The van der Waals surface area contributed by atoms with Crippen LogP contribution in [0.2, 0.25) is 10.0 Å². The molecule has 1 aromatic heterocycles. The predicted octanol–water partition coefficient (Wildman–Crippen LogP) is 5.00. The van der Waals surface area contributed by atoms with Gasteiger partial charge in [-0.2, -0.15) is 0 Å². The number of nitrogens with one attached hydrogen (secondary N) is 2. The van der Waals surface area contributed by atoms with Gasteiger partial charge < -0.3 is 10.6 Å². The minimum absolute atomic E-state index is 0.0328. The second-order valence-corrected chi connectivity index (χ2v) is 7.94. The molecular formula is C22H19Cl2N3O2. The molecule has 0 saturated carbocycles. The molecule has 2 aromatic rings. The number of carbonyl (C=O) groups excluding carboxylic acids is 2. The summed E-state index contributed by atoms with van der Waals surface area (Å²) in [6, 6.07) is 10.4. The van der Waals surface area contributed by atoms with E-state index in [-0.39, 0.29) is 11.7 Å². The van der Waals surface area contributed by atoms with Crippen LogP contribution in [0.5, 0.6) is 0 Å². The van der Waals surface area contributed by atoms with E-state index in [1.807, 2.05) is 6.92 Å². The van der Waals surface area contributed by atoms with Gasteiger partial charge in [0.15, 0.2) is 5.78 Å². The maximum absolute atomic E-state index is 13.3. The van der Waals surface area contributed by atoms with Gasteiger partial charge in [0.05, 0.1) is 0 Å². The van der Waals surface area contributed by atoms with Crippen LogP contribution in [-0.4, -0.2) is 16.7 Å². The lowest BCUT2D eigenvalue weighted by atomic mass is 9.75. The molecule has 0 radical (unpaired) electrons. The molecule has 148 valence electrons. The Bertz CT molecular complexity index is 1060. The van der Waals surface area contributed by atoms with Crippen LogP contribution in [0.1, 0.15) is 37.7 Å². The molecule has 1 aliphatic carbocycles. The van der Waals surface area contributed by atoms with Gasteiger partial charge in [0, 0.05) is 51.1 Å². The Morgan fingerprint density at radius 1 is 1.21 bits per heavy atom. The minimum Gasteiger partial charge on any atom is -0.362 e. The Balaban J connectivity index is 1.83. The first kappa shape index (κ1) is 19.7. The van der Waals surface area contributed by atoms with E-state index in [2.05, 4.69) is 15.6 Å². The number of hydrogen-bond donors (Lipinski definition) is 2. The number of rotatable bonds is 3. The van der Waals surface area contributed by atoms with Crippen LogP contribution in [0, 0.1) is 0 Å². The molecule has 1 atom stereocenters. The van der Waals surface area contributed by atoms with Crippen LogP contribution in [0.25, 0.3) is 0 Å². The van der Waals surface area contributed by atoms with Crippen molar-refractivity contribution in [1.29, 1.82) is 0 Å². The lowest BCUT2D eigenvalue weighted by molar-refractivity contribution is -0.116. The third kappa shape index (κ3) is 3.80. The van der Waals surface area contributed by atoms with Crippen LogP contribution >= 0.6 is 23.2 Å². The third-order valence-electron chi connectivity index (χ3n) is 5.20. The SMILES string of the molecule is CC1=C(C(=O)Nc2ccccn2)[C@@H](c2ccc(Cl)cc2Cl)C2=C(CCCC2=O)N1. The summed E-state index contributed by atoms with van der Waals surface area (Å²) in [4.78, 5) is 30.3. The van der Waals surface area contributed by atoms with E-state index in [1.54, 1.807) is 42.6 Å². The number of Topliss-reactive ketones (excluding diaryl/α,β-unsaturated/α-hetero) is 1. The van der Waals surface area contributed by atoms with Crippen LogP contribution in [0.3, 0.4) is 0 Å². The van der Waals surface area contributed by atoms with Crippen molar-refractivity contribution < 1.29 is 9.59 Å². The molecule has 7 heteroatoms. The van der Waals surface area contributed by atoms with Crippen LogP contribution in [0.15, 0.2) is 65.1 Å². The predicted molar refractivity (Wildman–Crippen MR) is 114 cm³/mol. The Morgan fingerprint density at radius 3 is 2.76 bits per heavy atom. The van der Waals surface area contributed by atoms with E-state index in [0.717, 1.165) is 18.5 Å². The van der Waals surface area contributed by atoms with Gasteiger partial charge in [-0.15, -0.1) is 0 Å². The maximum Gasteiger partial charge on any atom is 0.255 e. The second-order valence-electron chi connectivity index (χ2n) is 7.10. The molecule has 2 aliphatic rings. The van der Waals surface area contributed by atoms with E-state index in [1.165, 1.54) is 0 Å². The largest absolute Gasteiger partial charge is 0.362 e. The van der Waals surface area contributed by atoms with Gasteiger partial charge in [0.25, 0.3) is 5.91 Å². The molecule has 2 N–H and O–H groups in total. The van der Waals surface area contributed by atoms with Gasteiger partial charge in [0.2, 0.25) is 0 Å².